The third kappa shape index (κ3) is 2.92. The minimum atomic E-state index is 0.273. The van der Waals surface area contributed by atoms with Crippen molar-refractivity contribution >= 4 is 11.6 Å². The maximum atomic E-state index is 9.28. The van der Waals surface area contributed by atoms with Crippen LogP contribution in [0.5, 0.6) is 11.5 Å². The Morgan fingerprint density at radius 1 is 0.889 bits per heavy atom. The molecule has 18 heavy (non-hydrogen) atoms. The largest absolute Gasteiger partial charge is 0.508 e. The number of aromatic hydroxyl groups is 2. The highest BCUT2D eigenvalue weighted by molar-refractivity contribution is 5.81. The van der Waals surface area contributed by atoms with Gasteiger partial charge in [0.15, 0.2) is 0 Å². The molecule has 2 aromatic carbocycles. The van der Waals surface area contributed by atoms with Gasteiger partial charge in [-0.2, -0.15) is 0 Å². The molecular weight excluding hydrogens is 224 g/mol. The van der Waals surface area contributed by atoms with Crippen molar-refractivity contribution in [3.63, 3.8) is 0 Å². The van der Waals surface area contributed by atoms with Gasteiger partial charge in [0.25, 0.3) is 0 Å². The van der Waals surface area contributed by atoms with E-state index in [0.717, 1.165) is 17.5 Å². The molecule has 92 valence electrons. The summed E-state index contributed by atoms with van der Waals surface area (Å²) in [6, 6.07) is 14.3. The number of benzene rings is 2. The van der Waals surface area contributed by atoms with Gasteiger partial charge in [-0.1, -0.05) is 37.3 Å². The van der Waals surface area contributed by atoms with Gasteiger partial charge in [0.1, 0.15) is 11.5 Å². The zero-order chi connectivity index (χ0) is 13.0. The van der Waals surface area contributed by atoms with Gasteiger partial charge in [-0.05, 0) is 47.4 Å². The molecule has 0 fully saturated rings. The van der Waals surface area contributed by atoms with E-state index in [2.05, 4.69) is 13.0 Å². The van der Waals surface area contributed by atoms with Crippen LogP contribution in [0.4, 0.5) is 0 Å². The molecule has 2 rings (SSSR count). The van der Waals surface area contributed by atoms with Gasteiger partial charge in [-0.25, -0.2) is 0 Å². The van der Waals surface area contributed by atoms with Crippen molar-refractivity contribution < 1.29 is 10.2 Å². The summed E-state index contributed by atoms with van der Waals surface area (Å²) >= 11 is 0. The summed E-state index contributed by atoms with van der Waals surface area (Å²) in [5, 5.41) is 18.5. The zero-order valence-electron chi connectivity index (χ0n) is 10.3. The number of rotatable bonds is 3. The third-order valence-electron chi connectivity index (χ3n) is 2.85. The van der Waals surface area contributed by atoms with Crippen LogP contribution < -0.4 is 0 Å². The number of phenolic OH excluding ortho intramolecular Hbond substituents is 2. The molecule has 0 aliphatic heterocycles. The van der Waals surface area contributed by atoms with Crippen LogP contribution in [0.1, 0.15) is 24.5 Å². The monoisotopic (exact) mass is 240 g/mol. The van der Waals surface area contributed by atoms with E-state index in [-0.39, 0.29) is 11.5 Å². The van der Waals surface area contributed by atoms with Gasteiger partial charge in [0.05, 0.1) is 0 Å². The molecule has 0 amide bonds. The lowest BCUT2D eigenvalue weighted by Gasteiger charge is -2.06. The molecule has 0 saturated carbocycles. The Kier molecular flexibility index (Phi) is 3.68. The number of hydrogen-bond acceptors (Lipinski definition) is 2. The van der Waals surface area contributed by atoms with Crippen LogP contribution in [-0.2, 0) is 0 Å². The standard InChI is InChI=1S/C16H16O2/c1-2-13(14-5-9-16(18)10-6-14)11-12-3-7-15(17)8-4-12/h3-11,17-18H,2H2,1H3. The van der Waals surface area contributed by atoms with E-state index in [1.807, 2.05) is 24.3 Å². The smallest absolute Gasteiger partial charge is 0.115 e. The fourth-order valence-electron chi connectivity index (χ4n) is 1.84. The van der Waals surface area contributed by atoms with Gasteiger partial charge in [-0.15, -0.1) is 0 Å². The Morgan fingerprint density at radius 2 is 1.39 bits per heavy atom. The molecule has 0 atom stereocenters. The van der Waals surface area contributed by atoms with E-state index in [1.165, 1.54) is 5.57 Å². The second kappa shape index (κ2) is 5.41. The number of hydrogen-bond donors (Lipinski definition) is 2. The molecule has 2 nitrogen and oxygen atoms in total. The third-order valence-corrected chi connectivity index (χ3v) is 2.85. The van der Waals surface area contributed by atoms with Gasteiger partial charge in [-0.3, -0.25) is 0 Å². The minimum Gasteiger partial charge on any atom is -0.508 e. The normalized spacial score (nSPS) is 11.5. The molecule has 0 unspecified atom stereocenters. The second-order valence-corrected chi connectivity index (χ2v) is 4.16. The van der Waals surface area contributed by atoms with Crippen molar-refractivity contribution in [3.8, 4) is 11.5 Å². The highest BCUT2D eigenvalue weighted by Crippen LogP contribution is 2.23. The topological polar surface area (TPSA) is 40.5 Å². The molecule has 0 spiro atoms. The van der Waals surface area contributed by atoms with Crippen molar-refractivity contribution in [2.45, 2.75) is 13.3 Å². The first-order chi connectivity index (χ1) is 8.69. The van der Waals surface area contributed by atoms with Crippen LogP contribution in [-0.4, -0.2) is 10.2 Å². The summed E-state index contributed by atoms with van der Waals surface area (Å²) in [6.07, 6.45) is 3.00. The first-order valence-corrected chi connectivity index (χ1v) is 5.98. The maximum absolute atomic E-state index is 9.28. The predicted octanol–water partition coefficient (Wildman–Crippen LogP) is 4.05. The van der Waals surface area contributed by atoms with E-state index in [1.54, 1.807) is 24.3 Å². The van der Waals surface area contributed by atoms with Crippen LogP contribution in [0, 0.1) is 0 Å². The Morgan fingerprint density at radius 3 is 1.89 bits per heavy atom. The Balaban J connectivity index is 2.33. The molecule has 2 heteroatoms. The lowest BCUT2D eigenvalue weighted by Crippen LogP contribution is -1.83. The minimum absolute atomic E-state index is 0.273. The van der Waals surface area contributed by atoms with Gasteiger partial charge >= 0.3 is 0 Å². The zero-order valence-corrected chi connectivity index (χ0v) is 10.3. The predicted molar refractivity (Wildman–Crippen MR) is 74.4 cm³/mol. The van der Waals surface area contributed by atoms with Crippen LogP contribution in [0.15, 0.2) is 48.5 Å². The molecule has 0 aliphatic carbocycles. The van der Waals surface area contributed by atoms with Crippen molar-refractivity contribution in [1.29, 1.82) is 0 Å². The molecule has 0 aromatic heterocycles. The molecule has 0 bridgehead atoms. The van der Waals surface area contributed by atoms with Crippen LogP contribution in [0.25, 0.3) is 11.6 Å². The van der Waals surface area contributed by atoms with Crippen LogP contribution >= 0.6 is 0 Å². The summed E-state index contributed by atoms with van der Waals surface area (Å²) in [6.45, 7) is 2.10. The summed E-state index contributed by atoms with van der Waals surface area (Å²) in [7, 11) is 0. The Labute approximate surface area is 107 Å². The number of phenols is 2. The van der Waals surface area contributed by atoms with Crippen molar-refractivity contribution in [2.75, 3.05) is 0 Å². The SMILES string of the molecule is CCC(=Cc1ccc(O)cc1)c1ccc(O)cc1. The van der Waals surface area contributed by atoms with Crippen LogP contribution in [0.2, 0.25) is 0 Å². The molecule has 2 aromatic rings. The molecule has 0 radical (unpaired) electrons. The van der Waals surface area contributed by atoms with Crippen molar-refractivity contribution in [3.05, 3.63) is 59.7 Å². The van der Waals surface area contributed by atoms with Crippen LogP contribution in [0.3, 0.4) is 0 Å². The van der Waals surface area contributed by atoms with Crippen molar-refractivity contribution in [2.24, 2.45) is 0 Å². The highest BCUT2D eigenvalue weighted by Gasteiger charge is 2.00. The average molecular weight is 240 g/mol. The fraction of sp³-hybridized carbons (Fsp3) is 0.125. The van der Waals surface area contributed by atoms with Crippen molar-refractivity contribution in [1.82, 2.24) is 0 Å². The first-order valence-electron chi connectivity index (χ1n) is 5.98. The molecule has 2 N–H and O–H groups in total. The highest BCUT2D eigenvalue weighted by atomic mass is 16.3. The molecule has 0 aliphatic rings. The average Bonchev–Trinajstić information content (AvgIpc) is 2.39. The Hall–Kier alpha value is -2.22. The molecule has 0 saturated heterocycles. The molecule has 0 heterocycles. The van der Waals surface area contributed by atoms with E-state index >= 15 is 0 Å². The summed E-state index contributed by atoms with van der Waals surface area (Å²) < 4.78 is 0. The Bertz CT molecular complexity index is 536. The van der Waals surface area contributed by atoms with E-state index < -0.39 is 0 Å². The summed E-state index contributed by atoms with van der Waals surface area (Å²) in [5.41, 5.74) is 3.35. The molecular formula is C16H16O2. The fourth-order valence-corrected chi connectivity index (χ4v) is 1.84. The van der Waals surface area contributed by atoms with Gasteiger partial charge in [0.2, 0.25) is 0 Å². The lowest BCUT2D eigenvalue weighted by molar-refractivity contribution is 0.474. The first kappa shape index (κ1) is 12.2. The maximum Gasteiger partial charge on any atom is 0.115 e. The number of allylic oxidation sites excluding steroid dienone is 1. The van der Waals surface area contributed by atoms with E-state index in [4.69, 9.17) is 0 Å². The van der Waals surface area contributed by atoms with E-state index in [0.29, 0.717) is 0 Å². The van der Waals surface area contributed by atoms with Gasteiger partial charge in [0, 0.05) is 0 Å². The summed E-state index contributed by atoms with van der Waals surface area (Å²) in [5.74, 6) is 0.550. The summed E-state index contributed by atoms with van der Waals surface area (Å²) in [4.78, 5) is 0. The van der Waals surface area contributed by atoms with Gasteiger partial charge < -0.3 is 10.2 Å². The van der Waals surface area contributed by atoms with E-state index in [9.17, 15) is 10.2 Å². The lowest BCUT2D eigenvalue weighted by atomic mass is 10.0. The second-order valence-electron chi connectivity index (χ2n) is 4.16. The quantitative estimate of drug-likeness (QED) is 0.794.